The van der Waals surface area contributed by atoms with Crippen molar-refractivity contribution in [2.24, 2.45) is 5.92 Å². The first-order valence-corrected chi connectivity index (χ1v) is 10.1. The molecule has 3 nitrogen and oxygen atoms in total. The van der Waals surface area contributed by atoms with Crippen LogP contribution in [0.4, 0.5) is 0 Å². The molecule has 2 aromatic rings. The van der Waals surface area contributed by atoms with Gasteiger partial charge in [0.2, 0.25) is 0 Å². The molecule has 1 saturated heterocycles. The van der Waals surface area contributed by atoms with Crippen molar-refractivity contribution >= 4 is 0 Å². The normalized spacial score (nSPS) is 22.9. The van der Waals surface area contributed by atoms with Crippen LogP contribution in [-0.4, -0.2) is 25.7 Å². The predicted molar refractivity (Wildman–Crippen MR) is 107 cm³/mol. The maximum absolute atomic E-state index is 5.89. The number of nitrogens with one attached hydrogen (secondary N) is 2. The van der Waals surface area contributed by atoms with Gasteiger partial charge in [-0.1, -0.05) is 42.5 Å². The Labute approximate surface area is 157 Å². The highest BCUT2D eigenvalue weighted by atomic mass is 16.5. The van der Waals surface area contributed by atoms with Gasteiger partial charge in [0.1, 0.15) is 12.4 Å². The van der Waals surface area contributed by atoms with E-state index < -0.39 is 0 Å². The van der Waals surface area contributed by atoms with Crippen LogP contribution in [-0.2, 0) is 6.61 Å². The summed E-state index contributed by atoms with van der Waals surface area (Å²) in [5.41, 5.74) is 2.65. The molecule has 3 heteroatoms. The zero-order valence-electron chi connectivity index (χ0n) is 15.5. The highest BCUT2D eigenvalue weighted by molar-refractivity contribution is 5.34. The molecule has 1 aliphatic heterocycles. The molecule has 1 heterocycles. The first-order chi connectivity index (χ1) is 12.9. The molecule has 2 fully saturated rings. The van der Waals surface area contributed by atoms with Crippen molar-refractivity contribution in [2.75, 3.05) is 19.6 Å². The molecular weight excluding hydrogens is 320 g/mol. The maximum atomic E-state index is 5.89. The minimum Gasteiger partial charge on any atom is -0.489 e. The smallest absolute Gasteiger partial charge is 0.119 e. The van der Waals surface area contributed by atoms with Gasteiger partial charge in [-0.3, -0.25) is 0 Å². The van der Waals surface area contributed by atoms with Crippen LogP contribution in [0.5, 0.6) is 5.75 Å². The van der Waals surface area contributed by atoms with Gasteiger partial charge < -0.3 is 15.4 Å². The van der Waals surface area contributed by atoms with Crippen molar-refractivity contribution in [1.29, 1.82) is 0 Å². The fraction of sp³-hybridized carbons (Fsp3) is 0.478. The highest BCUT2D eigenvalue weighted by Gasteiger charge is 2.37. The molecule has 2 N–H and O–H groups in total. The summed E-state index contributed by atoms with van der Waals surface area (Å²) in [7, 11) is 0. The van der Waals surface area contributed by atoms with Crippen molar-refractivity contribution in [2.45, 2.75) is 44.2 Å². The zero-order chi connectivity index (χ0) is 17.6. The van der Waals surface area contributed by atoms with E-state index in [4.69, 9.17) is 4.74 Å². The molecular formula is C23H30N2O. The first kappa shape index (κ1) is 17.6. The Hall–Kier alpha value is -1.84. The summed E-state index contributed by atoms with van der Waals surface area (Å²) in [4.78, 5) is 0. The third kappa shape index (κ3) is 4.87. The summed E-state index contributed by atoms with van der Waals surface area (Å²) in [6, 6.07) is 19.7. The lowest BCUT2D eigenvalue weighted by Gasteiger charge is -2.22. The van der Waals surface area contributed by atoms with Crippen molar-refractivity contribution in [1.82, 2.24) is 10.6 Å². The topological polar surface area (TPSA) is 33.3 Å². The van der Waals surface area contributed by atoms with Crippen LogP contribution in [0.25, 0.3) is 0 Å². The van der Waals surface area contributed by atoms with Gasteiger partial charge in [-0.15, -0.1) is 0 Å². The van der Waals surface area contributed by atoms with Crippen molar-refractivity contribution < 1.29 is 4.74 Å². The molecule has 0 aromatic heterocycles. The Bertz CT molecular complexity index is 664. The zero-order valence-corrected chi connectivity index (χ0v) is 15.5. The molecule has 2 aliphatic rings. The fourth-order valence-electron chi connectivity index (χ4n) is 3.98. The quantitative estimate of drug-likeness (QED) is 0.752. The lowest BCUT2D eigenvalue weighted by atomic mass is 9.95. The lowest BCUT2D eigenvalue weighted by Crippen LogP contribution is -2.30. The summed E-state index contributed by atoms with van der Waals surface area (Å²) in [6.07, 6.45) is 5.30. The summed E-state index contributed by atoms with van der Waals surface area (Å²) >= 11 is 0. The molecule has 1 aliphatic carbocycles. The third-order valence-electron chi connectivity index (χ3n) is 5.76. The number of ether oxygens (including phenoxy) is 1. The van der Waals surface area contributed by atoms with Crippen LogP contribution in [0, 0.1) is 5.92 Å². The molecule has 1 saturated carbocycles. The van der Waals surface area contributed by atoms with E-state index >= 15 is 0 Å². The molecule has 2 atom stereocenters. The molecule has 138 valence electrons. The summed E-state index contributed by atoms with van der Waals surface area (Å²) in [6.45, 7) is 4.21. The number of benzene rings is 2. The van der Waals surface area contributed by atoms with E-state index in [2.05, 4.69) is 47.0 Å². The first-order valence-electron chi connectivity index (χ1n) is 10.1. The number of hydrogen-bond donors (Lipinski definition) is 2. The van der Waals surface area contributed by atoms with Crippen LogP contribution < -0.4 is 15.4 Å². The largest absolute Gasteiger partial charge is 0.489 e. The monoisotopic (exact) mass is 350 g/mol. The average molecular weight is 351 g/mol. The van der Waals surface area contributed by atoms with Gasteiger partial charge in [0.25, 0.3) is 0 Å². The Morgan fingerprint density at radius 1 is 0.962 bits per heavy atom. The molecule has 0 unspecified atom stereocenters. The van der Waals surface area contributed by atoms with Gasteiger partial charge in [0.15, 0.2) is 0 Å². The molecule has 2 aromatic carbocycles. The molecule has 4 rings (SSSR count). The van der Waals surface area contributed by atoms with E-state index in [1.54, 1.807) is 0 Å². The van der Waals surface area contributed by atoms with Gasteiger partial charge in [0, 0.05) is 12.0 Å². The SMILES string of the molecule is c1ccc(COc2ccc([C@H]3C[C@@H]3NCCC3CCNCC3)cc2)cc1. The molecule has 0 amide bonds. The molecule has 0 radical (unpaired) electrons. The minimum atomic E-state index is 0.629. The second-order valence-electron chi connectivity index (χ2n) is 7.73. The van der Waals surface area contributed by atoms with Crippen LogP contribution in [0.3, 0.4) is 0 Å². The number of rotatable bonds is 8. The standard InChI is InChI=1S/C23H30N2O/c1-2-4-19(5-3-1)17-26-21-8-6-20(7-9-21)22-16-23(22)25-15-12-18-10-13-24-14-11-18/h1-9,18,22-25H,10-17H2/t22-,23+/m1/s1. The number of piperidine rings is 1. The van der Waals surface area contributed by atoms with E-state index in [9.17, 15) is 0 Å². The summed E-state index contributed by atoms with van der Waals surface area (Å²) in [5.74, 6) is 2.56. The highest BCUT2D eigenvalue weighted by Crippen LogP contribution is 2.41. The van der Waals surface area contributed by atoms with Crippen LogP contribution in [0.15, 0.2) is 54.6 Å². The fourth-order valence-corrected chi connectivity index (χ4v) is 3.98. The van der Waals surface area contributed by atoms with Gasteiger partial charge in [-0.05, 0) is 74.5 Å². The number of hydrogen-bond acceptors (Lipinski definition) is 3. The van der Waals surface area contributed by atoms with Crippen LogP contribution in [0.2, 0.25) is 0 Å². The Morgan fingerprint density at radius 2 is 1.73 bits per heavy atom. The van der Waals surface area contributed by atoms with Crippen LogP contribution in [0.1, 0.15) is 42.7 Å². The third-order valence-corrected chi connectivity index (χ3v) is 5.76. The molecule has 0 spiro atoms. The molecule has 26 heavy (non-hydrogen) atoms. The van der Waals surface area contributed by atoms with E-state index in [1.165, 1.54) is 56.4 Å². The summed E-state index contributed by atoms with van der Waals surface area (Å²) in [5, 5.41) is 7.21. The Morgan fingerprint density at radius 3 is 2.50 bits per heavy atom. The lowest BCUT2D eigenvalue weighted by molar-refractivity contribution is 0.306. The Balaban J connectivity index is 1.18. The second kappa shape index (κ2) is 8.70. The summed E-state index contributed by atoms with van der Waals surface area (Å²) < 4.78 is 5.89. The Kier molecular flexibility index (Phi) is 5.88. The van der Waals surface area contributed by atoms with Crippen molar-refractivity contribution in [3.63, 3.8) is 0 Å². The van der Waals surface area contributed by atoms with E-state index in [0.717, 1.165) is 11.7 Å². The van der Waals surface area contributed by atoms with E-state index in [1.807, 2.05) is 18.2 Å². The molecule has 0 bridgehead atoms. The van der Waals surface area contributed by atoms with Gasteiger partial charge in [-0.2, -0.15) is 0 Å². The van der Waals surface area contributed by atoms with Crippen LogP contribution >= 0.6 is 0 Å². The average Bonchev–Trinajstić information content (AvgIpc) is 3.48. The second-order valence-corrected chi connectivity index (χ2v) is 7.73. The van der Waals surface area contributed by atoms with Gasteiger partial charge >= 0.3 is 0 Å². The van der Waals surface area contributed by atoms with Crippen molar-refractivity contribution in [3.05, 3.63) is 65.7 Å². The predicted octanol–water partition coefficient (Wildman–Crippen LogP) is 4.10. The van der Waals surface area contributed by atoms with E-state index in [0.29, 0.717) is 18.6 Å². The van der Waals surface area contributed by atoms with Gasteiger partial charge in [0.05, 0.1) is 0 Å². The maximum Gasteiger partial charge on any atom is 0.119 e. The van der Waals surface area contributed by atoms with Gasteiger partial charge in [-0.25, -0.2) is 0 Å². The minimum absolute atomic E-state index is 0.629. The van der Waals surface area contributed by atoms with Crippen molar-refractivity contribution in [3.8, 4) is 5.75 Å². The van der Waals surface area contributed by atoms with E-state index in [-0.39, 0.29) is 0 Å².